The molecule has 1 fully saturated rings. The summed E-state index contributed by atoms with van der Waals surface area (Å²) in [5, 5.41) is 10.2. The fourth-order valence-corrected chi connectivity index (χ4v) is 5.51. The van der Waals surface area contributed by atoms with Gasteiger partial charge in [0.05, 0.1) is 17.0 Å². The van der Waals surface area contributed by atoms with Gasteiger partial charge in [-0.1, -0.05) is 60.7 Å². The molecule has 2 aromatic carbocycles. The molecule has 2 aliphatic heterocycles. The maximum Gasteiger partial charge on any atom is 0.248 e. The smallest absolute Gasteiger partial charge is 0.248 e. The van der Waals surface area contributed by atoms with E-state index in [0.717, 1.165) is 11.1 Å². The zero-order chi connectivity index (χ0) is 21.8. The molecule has 1 spiro atoms. The van der Waals surface area contributed by atoms with Crippen LogP contribution in [0.2, 0.25) is 0 Å². The number of rotatable bonds is 3. The van der Waals surface area contributed by atoms with Crippen molar-refractivity contribution in [3.05, 3.63) is 77.9 Å². The van der Waals surface area contributed by atoms with E-state index in [2.05, 4.69) is 0 Å². The van der Waals surface area contributed by atoms with Gasteiger partial charge in [-0.2, -0.15) is 0 Å². The Morgan fingerprint density at radius 3 is 2.52 bits per heavy atom. The molecule has 2 bridgehead atoms. The van der Waals surface area contributed by atoms with Crippen molar-refractivity contribution in [2.45, 2.75) is 31.3 Å². The number of anilines is 1. The predicted octanol–water partition coefficient (Wildman–Crippen LogP) is 2.41. The van der Waals surface area contributed by atoms with E-state index in [-0.39, 0.29) is 36.3 Å². The van der Waals surface area contributed by atoms with Gasteiger partial charge in [0.15, 0.2) is 0 Å². The Hall–Kier alpha value is -3.25. The van der Waals surface area contributed by atoms with E-state index in [4.69, 9.17) is 0 Å². The van der Waals surface area contributed by atoms with E-state index >= 15 is 0 Å². The summed E-state index contributed by atoms with van der Waals surface area (Å²) < 4.78 is 0. The van der Waals surface area contributed by atoms with Crippen LogP contribution in [0.25, 0.3) is 0 Å². The van der Waals surface area contributed by atoms with Crippen molar-refractivity contribution in [3.8, 4) is 0 Å². The number of likely N-dealkylation sites (tertiary alicyclic amines) is 1. The largest absolute Gasteiger partial charge is 0.396 e. The Kier molecular flexibility index (Phi) is 4.55. The number of hydrogen-bond donors (Lipinski definition) is 1. The second-order valence-corrected chi connectivity index (χ2v) is 8.60. The molecule has 1 unspecified atom stereocenters. The van der Waals surface area contributed by atoms with Crippen LogP contribution < -0.4 is 4.90 Å². The van der Waals surface area contributed by atoms with E-state index in [1.807, 2.05) is 54.6 Å². The zero-order valence-corrected chi connectivity index (χ0v) is 17.3. The molecule has 3 aliphatic rings. The average molecular weight is 416 g/mol. The van der Waals surface area contributed by atoms with Crippen LogP contribution in [0, 0.1) is 11.8 Å². The number of aliphatic hydroxyl groups is 1. The minimum atomic E-state index is -1.02. The number of carbonyl (C=O) groups excluding carboxylic acids is 3. The number of nitrogens with zero attached hydrogens (tertiary/aromatic N) is 2. The fourth-order valence-electron chi connectivity index (χ4n) is 5.51. The van der Waals surface area contributed by atoms with Crippen LogP contribution in [0.1, 0.15) is 24.5 Å². The van der Waals surface area contributed by atoms with Gasteiger partial charge >= 0.3 is 0 Å². The van der Waals surface area contributed by atoms with E-state index < -0.39 is 11.3 Å². The monoisotopic (exact) mass is 416 g/mol. The predicted molar refractivity (Wildman–Crippen MR) is 115 cm³/mol. The maximum atomic E-state index is 13.6. The lowest BCUT2D eigenvalue weighted by Gasteiger charge is -2.34. The second-order valence-electron chi connectivity index (χ2n) is 8.60. The molecule has 0 radical (unpaired) electrons. The van der Waals surface area contributed by atoms with Gasteiger partial charge in [-0.3, -0.25) is 14.4 Å². The average Bonchev–Trinajstić information content (AvgIpc) is 3.06. The zero-order valence-electron chi connectivity index (χ0n) is 17.3. The molecular weight excluding hydrogens is 392 g/mol. The SMILES string of the molecule is CC(=O)N1C(=O)C2(C=C[C@@H]3C(=O)N(Cc4ccccc4)[C@H](C2)[C@@H]3CO)c2ccccc21. The Morgan fingerprint density at radius 1 is 1.10 bits per heavy atom. The highest BCUT2D eigenvalue weighted by atomic mass is 16.3. The number of imide groups is 1. The van der Waals surface area contributed by atoms with E-state index in [9.17, 15) is 19.5 Å². The summed E-state index contributed by atoms with van der Waals surface area (Å²) in [4.78, 5) is 42.3. The number of hydrogen-bond acceptors (Lipinski definition) is 4. The van der Waals surface area contributed by atoms with Crippen molar-refractivity contribution in [2.24, 2.45) is 11.8 Å². The second kappa shape index (κ2) is 7.17. The highest BCUT2D eigenvalue weighted by Crippen LogP contribution is 2.51. The highest BCUT2D eigenvalue weighted by Gasteiger charge is 2.58. The van der Waals surface area contributed by atoms with E-state index in [1.54, 1.807) is 17.0 Å². The molecule has 4 atom stereocenters. The van der Waals surface area contributed by atoms with Gasteiger partial charge in [-0.25, -0.2) is 4.90 Å². The van der Waals surface area contributed by atoms with Crippen LogP contribution >= 0.6 is 0 Å². The third kappa shape index (κ3) is 2.78. The standard InChI is InChI=1S/C25H24N2O4/c1-16(29)27-21-10-6-5-9-20(21)25(24(27)31)12-11-18-19(15-28)22(13-25)26(23(18)30)14-17-7-3-2-4-8-17/h2-12,18-19,22,28H,13-15H2,1H3/t18-,19+,22+,25?/m0/s1. The minimum absolute atomic E-state index is 0.0267. The van der Waals surface area contributed by atoms with Gasteiger partial charge < -0.3 is 10.0 Å². The molecule has 1 N–H and O–H groups in total. The molecule has 2 heterocycles. The van der Waals surface area contributed by atoms with Gasteiger partial charge in [0, 0.05) is 32.0 Å². The summed E-state index contributed by atoms with van der Waals surface area (Å²) in [5.41, 5.74) is 1.36. The van der Waals surface area contributed by atoms with Crippen LogP contribution in [0.4, 0.5) is 5.69 Å². The lowest BCUT2D eigenvalue weighted by Crippen LogP contribution is -2.47. The normalized spacial score (nSPS) is 28.9. The first-order chi connectivity index (χ1) is 15.0. The summed E-state index contributed by atoms with van der Waals surface area (Å²) in [6, 6.07) is 16.8. The maximum absolute atomic E-state index is 13.6. The molecule has 31 heavy (non-hydrogen) atoms. The third-order valence-electron chi connectivity index (χ3n) is 6.98. The van der Waals surface area contributed by atoms with E-state index in [0.29, 0.717) is 18.7 Å². The number of amides is 3. The van der Waals surface area contributed by atoms with Crippen LogP contribution in [0.5, 0.6) is 0 Å². The summed E-state index contributed by atoms with van der Waals surface area (Å²) in [5.74, 6) is -1.41. The first-order valence-corrected chi connectivity index (χ1v) is 10.6. The Labute approximate surface area is 180 Å². The van der Waals surface area contributed by atoms with Crippen LogP contribution in [0.3, 0.4) is 0 Å². The molecule has 0 saturated carbocycles. The molecule has 1 saturated heterocycles. The van der Waals surface area contributed by atoms with Gasteiger partial charge in [0.1, 0.15) is 0 Å². The number of para-hydroxylation sites is 1. The molecule has 6 heteroatoms. The molecule has 5 rings (SSSR count). The van der Waals surface area contributed by atoms with Crippen LogP contribution in [-0.2, 0) is 26.3 Å². The highest BCUT2D eigenvalue weighted by molar-refractivity contribution is 6.23. The molecule has 158 valence electrons. The number of carbonyl (C=O) groups is 3. The number of fused-ring (bicyclic) bond motifs is 4. The minimum Gasteiger partial charge on any atom is -0.396 e. The fraction of sp³-hybridized carbons (Fsp3) is 0.320. The molecule has 6 nitrogen and oxygen atoms in total. The van der Waals surface area contributed by atoms with Crippen molar-refractivity contribution < 1.29 is 19.5 Å². The topological polar surface area (TPSA) is 77.9 Å². The third-order valence-corrected chi connectivity index (χ3v) is 6.98. The lowest BCUT2D eigenvalue weighted by atomic mass is 9.75. The first-order valence-electron chi connectivity index (χ1n) is 10.6. The molecule has 3 amide bonds. The summed E-state index contributed by atoms with van der Waals surface area (Å²) >= 11 is 0. The Bertz CT molecular complexity index is 1100. The summed E-state index contributed by atoms with van der Waals surface area (Å²) in [6.45, 7) is 1.68. The van der Waals surface area contributed by atoms with Gasteiger partial charge in [-0.15, -0.1) is 0 Å². The van der Waals surface area contributed by atoms with Gasteiger partial charge in [0.25, 0.3) is 0 Å². The van der Waals surface area contributed by atoms with Crippen molar-refractivity contribution >= 4 is 23.4 Å². The van der Waals surface area contributed by atoms with Crippen molar-refractivity contribution in [3.63, 3.8) is 0 Å². The van der Waals surface area contributed by atoms with Crippen LogP contribution in [-0.4, -0.2) is 40.4 Å². The number of benzene rings is 2. The Morgan fingerprint density at radius 2 is 1.81 bits per heavy atom. The molecule has 0 aromatic heterocycles. The molecule has 1 aliphatic carbocycles. The van der Waals surface area contributed by atoms with Crippen molar-refractivity contribution in [1.82, 2.24) is 4.90 Å². The Balaban J connectivity index is 1.61. The molecule has 2 aromatic rings. The van der Waals surface area contributed by atoms with Gasteiger partial charge in [-0.05, 0) is 23.6 Å². The summed E-state index contributed by atoms with van der Waals surface area (Å²) in [7, 11) is 0. The van der Waals surface area contributed by atoms with Crippen molar-refractivity contribution in [1.29, 1.82) is 0 Å². The van der Waals surface area contributed by atoms with Crippen LogP contribution in [0.15, 0.2) is 66.7 Å². The van der Waals surface area contributed by atoms with Gasteiger partial charge in [0.2, 0.25) is 17.7 Å². The first kappa shape index (κ1) is 19.7. The molecular formula is C25H24N2O4. The van der Waals surface area contributed by atoms with E-state index in [1.165, 1.54) is 11.8 Å². The quantitative estimate of drug-likeness (QED) is 0.780. The van der Waals surface area contributed by atoms with Crippen molar-refractivity contribution in [2.75, 3.05) is 11.5 Å². The summed E-state index contributed by atoms with van der Waals surface area (Å²) in [6.07, 6.45) is 3.93. The number of aliphatic hydroxyl groups excluding tert-OH is 1. The lowest BCUT2D eigenvalue weighted by molar-refractivity contribution is -0.133.